The molecule has 4 nitrogen and oxygen atoms in total. The Kier molecular flexibility index (Phi) is 4.45. The second-order valence-electron chi connectivity index (χ2n) is 2.93. The smallest absolute Gasteiger partial charge is 0.256 e. The van der Waals surface area contributed by atoms with Gasteiger partial charge in [-0.3, -0.25) is 9.63 Å². The van der Waals surface area contributed by atoms with Crippen LogP contribution in [0.4, 0.5) is 5.69 Å². The maximum absolute atomic E-state index is 11.4. The van der Waals surface area contributed by atoms with Crippen molar-refractivity contribution < 1.29 is 9.63 Å². The van der Waals surface area contributed by atoms with Crippen LogP contribution < -0.4 is 5.73 Å². The van der Waals surface area contributed by atoms with Crippen molar-refractivity contribution in [3.05, 3.63) is 24.3 Å². The Balaban J connectivity index is 2.47. The number of hydroxylamine groups is 2. The highest BCUT2D eigenvalue weighted by molar-refractivity contribution is 8.00. The number of thioether (sulfide) groups is 1. The maximum Gasteiger partial charge on any atom is 0.256 e. The summed E-state index contributed by atoms with van der Waals surface area (Å²) in [5.41, 5.74) is 6.32. The lowest BCUT2D eigenvalue weighted by molar-refractivity contribution is -0.165. The first-order chi connectivity index (χ1) is 7.13. The van der Waals surface area contributed by atoms with E-state index in [0.717, 1.165) is 4.90 Å². The van der Waals surface area contributed by atoms with Crippen LogP contribution in [0.3, 0.4) is 0 Å². The first-order valence-electron chi connectivity index (χ1n) is 4.42. The topological polar surface area (TPSA) is 55.6 Å². The predicted octanol–water partition coefficient (Wildman–Crippen LogP) is 1.38. The van der Waals surface area contributed by atoms with Gasteiger partial charge < -0.3 is 5.73 Å². The zero-order chi connectivity index (χ0) is 11.3. The van der Waals surface area contributed by atoms with Crippen LogP contribution in [-0.4, -0.2) is 30.9 Å². The summed E-state index contributed by atoms with van der Waals surface area (Å²) in [6, 6.07) is 7.43. The van der Waals surface area contributed by atoms with Gasteiger partial charge in [-0.25, -0.2) is 5.06 Å². The number of nitrogens with zero attached hydrogens (tertiary/aromatic N) is 1. The molecule has 1 aromatic carbocycles. The minimum Gasteiger partial charge on any atom is -0.399 e. The zero-order valence-corrected chi connectivity index (χ0v) is 9.58. The van der Waals surface area contributed by atoms with E-state index in [9.17, 15) is 4.79 Å². The fourth-order valence-electron chi connectivity index (χ4n) is 0.942. The molecular formula is C10H14N2O2S. The van der Waals surface area contributed by atoms with Crippen molar-refractivity contribution in [1.82, 2.24) is 5.06 Å². The summed E-state index contributed by atoms with van der Waals surface area (Å²) in [6.45, 7) is 0. The lowest BCUT2D eigenvalue weighted by Crippen LogP contribution is -2.26. The second kappa shape index (κ2) is 5.63. The fourth-order valence-corrected chi connectivity index (χ4v) is 1.81. The van der Waals surface area contributed by atoms with E-state index in [1.165, 1.54) is 23.9 Å². The van der Waals surface area contributed by atoms with Gasteiger partial charge in [0, 0.05) is 17.6 Å². The monoisotopic (exact) mass is 226 g/mol. The van der Waals surface area contributed by atoms with Crippen molar-refractivity contribution in [3.63, 3.8) is 0 Å². The molecule has 0 fully saturated rings. The summed E-state index contributed by atoms with van der Waals surface area (Å²) in [4.78, 5) is 17.1. The van der Waals surface area contributed by atoms with E-state index in [2.05, 4.69) is 0 Å². The van der Waals surface area contributed by atoms with Gasteiger partial charge in [0.05, 0.1) is 12.9 Å². The van der Waals surface area contributed by atoms with Crippen LogP contribution in [0.25, 0.3) is 0 Å². The lowest BCUT2D eigenvalue weighted by Gasteiger charge is -2.12. The Morgan fingerprint density at radius 1 is 1.60 bits per heavy atom. The molecule has 0 aliphatic rings. The van der Waals surface area contributed by atoms with E-state index in [4.69, 9.17) is 10.6 Å². The quantitative estimate of drug-likeness (QED) is 0.479. The van der Waals surface area contributed by atoms with E-state index in [1.54, 1.807) is 7.05 Å². The highest BCUT2D eigenvalue weighted by Gasteiger charge is 2.07. The van der Waals surface area contributed by atoms with Crippen molar-refractivity contribution in [3.8, 4) is 0 Å². The molecule has 2 N–H and O–H groups in total. The molecule has 15 heavy (non-hydrogen) atoms. The molecule has 0 spiro atoms. The number of nitrogens with two attached hydrogens (primary N) is 1. The number of nitrogen functional groups attached to an aromatic ring is 1. The van der Waals surface area contributed by atoms with E-state index in [1.807, 2.05) is 24.3 Å². The van der Waals surface area contributed by atoms with Gasteiger partial charge in [-0.2, -0.15) is 0 Å². The number of hydrogen-bond donors (Lipinski definition) is 1. The van der Waals surface area contributed by atoms with Crippen LogP contribution in [0.15, 0.2) is 29.2 Å². The molecule has 0 bridgehead atoms. The summed E-state index contributed by atoms with van der Waals surface area (Å²) in [5.74, 6) is 0.262. The molecule has 1 rings (SSSR count). The van der Waals surface area contributed by atoms with Crippen LogP contribution in [0.1, 0.15) is 0 Å². The summed E-state index contributed by atoms with van der Waals surface area (Å²) in [6.07, 6.45) is 0. The Hall–Kier alpha value is -1.20. The summed E-state index contributed by atoms with van der Waals surface area (Å²) in [5, 5.41) is 1.21. The number of anilines is 1. The molecule has 0 saturated carbocycles. The van der Waals surface area contributed by atoms with Gasteiger partial charge in [-0.1, -0.05) is 6.07 Å². The highest BCUT2D eigenvalue weighted by Crippen LogP contribution is 2.20. The molecular weight excluding hydrogens is 212 g/mol. The van der Waals surface area contributed by atoms with E-state index < -0.39 is 0 Å². The number of carbonyl (C=O) groups is 1. The van der Waals surface area contributed by atoms with Crippen LogP contribution in [-0.2, 0) is 9.63 Å². The van der Waals surface area contributed by atoms with Gasteiger partial charge in [0.2, 0.25) is 0 Å². The first-order valence-corrected chi connectivity index (χ1v) is 5.41. The lowest BCUT2D eigenvalue weighted by atomic mass is 10.3. The van der Waals surface area contributed by atoms with Gasteiger partial charge >= 0.3 is 0 Å². The van der Waals surface area contributed by atoms with Crippen molar-refractivity contribution in [2.24, 2.45) is 0 Å². The number of benzene rings is 1. The van der Waals surface area contributed by atoms with E-state index in [0.29, 0.717) is 11.4 Å². The van der Waals surface area contributed by atoms with E-state index >= 15 is 0 Å². The maximum atomic E-state index is 11.4. The van der Waals surface area contributed by atoms with Crippen molar-refractivity contribution in [1.29, 1.82) is 0 Å². The summed E-state index contributed by atoms with van der Waals surface area (Å²) < 4.78 is 0. The molecule has 1 amide bonds. The van der Waals surface area contributed by atoms with Crippen LogP contribution in [0.2, 0.25) is 0 Å². The third kappa shape index (κ3) is 3.81. The molecule has 82 valence electrons. The fraction of sp³-hybridized carbons (Fsp3) is 0.300. The Labute approximate surface area is 93.3 Å². The van der Waals surface area contributed by atoms with Crippen LogP contribution >= 0.6 is 11.8 Å². The average molecular weight is 226 g/mol. The zero-order valence-electron chi connectivity index (χ0n) is 8.77. The van der Waals surface area contributed by atoms with Crippen molar-refractivity contribution >= 4 is 23.4 Å². The van der Waals surface area contributed by atoms with Crippen molar-refractivity contribution in [2.75, 3.05) is 25.6 Å². The number of rotatable bonds is 4. The molecule has 1 aromatic rings. The first kappa shape index (κ1) is 11.9. The van der Waals surface area contributed by atoms with Crippen LogP contribution in [0.5, 0.6) is 0 Å². The molecule has 0 unspecified atom stereocenters. The average Bonchev–Trinajstić information content (AvgIpc) is 2.25. The normalized spacial score (nSPS) is 10.0. The van der Waals surface area contributed by atoms with Gasteiger partial charge in [-0.15, -0.1) is 11.8 Å². The minimum atomic E-state index is -0.0788. The number of carbonyl (C=O) groups excluding carboxylic acids is 1. The Morgan fingerprint density at radius 2 is 2.33 bits per heavy atom. The molecule has 0 radical (unpaired) electrons. The largest absolute Gasteiger partial charge is 0.399 e. The third-order valence-corrected chi connectivity index (χ3v) is 2.82. The standard InChI is InChI=1S/C10H14N2O2S/c1-12(14-2)10(13)7-15-9-5-3-4-8(11)6-9/h3-6H,7,11H2,1-2H3. The van der Waals surface area contributed by atoms with Crippen LogP contribution in [0, 0.1) is 0 Å². The number of hydrogen-bond acceptors (Lipinski definition) is 4. The summed E-state index contributed by atoms with van der Waals surface area (Å²) in [7, 11) is 3.05. The third-order valence-electron chi connectivity index (χ3n) is 1.85. The molecule has 0 aliphatic heterocycles. The molecule has 0 aromatic heterocycles. The molecule has 5 heteroatoms. The molecule has 0 heterocycles. The predicted molar refractivity (Wildman–Crippen MR) is 61.4 cm³/mol. The molecule has 0 saturated heterocycles. The summed E-state index contributed by atoms with van der Waals surface area (Å²) >= 11 is 1.44. The number of amides is 1. The second-order valence-corrected chi connectivity index (χ2v) is 3.98. The minimum absolute atomic E-state index is 0.0788. The van der Waals surface area contributed by atoms with Gasteiger partial charge in [0.1, 0.15) is 0 Å². The SMILES string of the molecule is CON(C)C(=O)CSc1cccc(N)c1. The Bertz CT molecular complexity index is 344. The van der Waals surface area contributed by atoms with Gasteiger partial charge in [-0.05, 0) is 18.2 Å². The van der Waals surface area contributed by atoms with Gasteiger partial charge in [0.25, 0.3) is 5.91 Å². The highest BCUT2D eigenvalue weighted by atomic mass is 32.2. The van der Waals surface area contributed by atoms with E-state index in [-0.39, 0.29) is 5.91 Å². The van der Waals surface area contributed by atoms with Crippen molar-refractivity contribution in [2.45, 2.75) is 4.90 Å². The Morgan fingerprint density at radius 3 is 2.93 bits per heavy atom. The molecule has 0 aliphatic carbocycles. The molecule has 0 atom stereocenters. The van der Waals surface area contributed by atoms with Gasteiger partial charge in [0.15, 0.2) is 0 Å².